The number of carbonyl (C=O) groups excluding carboxylic acids is 1. The lowest BCUT2D eigenvalue weighted by Gasteiger charge is -2.41. The molecule has 0 spiro atoms. The number of likely N-dealkylation sites (tertiary alicyclic amines) is 1. The monoisotopic (exact) mass is 746 g/mol. The molecular weight excluding hydrogens is 716 g/mol. The van der Waals surface area contributed by atoms with E-state index in [9.17, 15) is 31.9 Å². The van der Waals surface area contributed by atoms with Crippen LogP contribution in [0.3, 0.4) is 0 Å². The maximum Gasteiger partial charge on any atom is 0.339 e. The van der Waals surface area contributed by atoms with Crippen LogP contribution in [0, 0.1) is 23.3 Å². The van der Waals surface area contributed by atoms with Crippen molar-refractivity contribution in [1.29, 1.82) is 0 Å². The van der Waals surface area contributed by atoms with Gasteiger partial charge in [-0.05, 0) is 37.0 Å². The van der Waals surface area contributed by atoms with Crippen molar-refractivity contribution in [2.24, 2.45) is 0 Å². The van der Waals surface area contributed by atoms with Gasteiger partial charge in [0.15, 0.2) is 28.2 Å². The van der Waals surface area contributed by atoms with Crippen LogP contribution in [0.25, 0.3) is 0 Å². The number of carboxylic acid groups (broad SMARTS) is 1. The van der Waals surface area contributed by atoms with Crippen molar-refractivity contribution in [1.82, 2.24) is 14.9 Å². The highest BCUT2D eigenvalue weighted by Gasteiger charge is 2.45. The number of aromatic nitrogens is 2. The molecule has 1 N–H and O–H groups in total. The molecule has 0 radical (unpaired) electrons. The van der Waals surface area contributed by atoms with E-state index >= 15 is 8.78 Å². The number of nitrogens with zero attached hydrogens (tertiary/aromatic N) is 4. The summed E-state index contributed by atoms with van der Waals surface area (Å²) in [6, 6.07) is 10.0. The molecule has 3 aromatic carbocycles. The van der Waals surface area contributed by atoms with E-state index in [4.69, 9.17) is 16.3 Å². The van der Waals surface area contributed by atoms with Crippen LogP contribution < -0.4 is 9.04 Å². The van der Waals surface area contributed by atoms with Gasteiger partial charge in [-0.15, -0.1) is 0 Å². The average Bonchev–Trinajstić information content (AvgIpc) is 3.11. The summed E-state index contributed by atoms with van der Waals surface area (Å²) in [7, 11) is -5.79. The van der Waals surface area contributed by atoms with Crippen molar-refractivity contribution < 1.29 is 45.4 Å². The first kappa shape index (κ1) is 36.2. The van der Waals surface area contributed by atoms with Crippen LogP contribution in [0.2, 0.25) is 5.02 Å². The molecular formula is C35H31ClF4N4O6S. The van der Waals surface area contributed by atoms with Crippen molar-refractivity contribution in [3.8, 4) is 5.75 Å². The molecule has 0 bridgehead atoms. The lowest BCUT2D eigenvalue weighted by Crippen LogP contribution is -2.58. The number of rotatable bonds is 11. The largest absolute Gasteiger partial charge is 0.488 e. The number of sulfonamides is 1. The molecule has 4 aromatic rings. The van der Waals surface area contributed by atoms with Crippen LogP contribution in [0.1, 0.15) is 71.8 Å². The summed E-state index contributed by atoms with van der Waals surface area (Å²) in [4.78, 5) is 34.8. The lowest BCUT2D eigenvalue weighted by molar-refractivity contribution is -0.127. The third kappa shape index (κ3) is 7.28. The number of halogens is 5. The number of carbonyl (C=O) groups is 2. The van der Waals surface area contributed by atoms with E-state index in [2.05, 4.69) is 9.97 Å². The minimum Gasteiger partial charge on any atom is -0.488 e. The van der Waals surface area contributed by atoms with Gasteiger partial charge in [0.1, 0.15) is 22.9 Å². The van der Waals surface area contributed by atoms with Gasteiger partial charge in [0, 0.05) is 31.3 Å². The molecule has 2 aliphatic rings. The fourth-order valence-electron chi connectivity index (χ4n) is 6.26. The lowest BCUT2D eigenvalue weighted by atomic mass is 9.87. The summed E-state index contributed by atoms with van der Waals surface area (Å²) in [5.74, 6) is -11.9. The number of benzene rings is 3. The normalized spacial score (nSPS) is 16.8. The van der Waals surface area contributed by atoms with E-state index in [1.807, 2.05) is 0 Å². The van der Waals surface area contributed by atoms with Gasteiger partial charge in [-0.2, -0.15) is 0 Å². The summed E-state index contributed by atoms with van der Waals surface area (Å²) >= 11 is 5.36. The molecule has 1 saturated heterocycles. The molecule has 2 heterocycles. The van der Waals surface area contributed by atoms with E-state index in [1.165, 1.54) is 6.42 Å². The number of carboxylic acids is 1. The molecule has 1 aliphatic heterocycles. The Hall–Kier alpha value is -4.60. The Balaban J connectivity index is 1.37. The number of ether oxygens (including phenoxy) is 1. The van der Waals surface area contributed by atoms with Crippen LogP contribution in [-0.4, -0.2) is 52.9 Å². The third-order valence-corrected chi connectivity index (χ3v) is 11.1. The molecule has 10 nitrogen and oxygen atoms in total. The number of hydrogen-bond acceptors (Lipinski definition) is 8. The highest BCUT2D eigenvalue weighted by molar-refractivity contribution is 7.93. The Morgan fingerprint density at radius 1 is 0.922 bits per heavy atom. The second kappa shape index (κ2) is 14.9. The van der Waals surface area contributed by atoms with Crippen LogP contribution in [0.4, 0.5) is 23.2 Å². The second-order valence-corrected chi connectivity index (χ2v) is 14.4. The Kier molecular flexibility index (Phi) is 10.6. The smallest absolute Gasteiger partial charge is 0.339 e. The Bertz CT molecular complexity index is 2040. The summed E-state index contributed by atoms with van der Waals surface area (Å²) in [6.07, 6.45) is 8.75. The molecule has 6 rings (SSSR count). The van der Waals surface area contributed by atoms with Gasteiger partial charge in [-0.1, -0.05) is 61.2 Å². The fourth-order valence-corrected chi connectivity index (χ4v) is 7.99. The van der Waals surface area contributed by atoms with Crippen LogP contribution in [0.5, 0.6) is 5.75 Å². The minimum atomic E-state index is -5.79. The Morgan fingerprint density at radius 2 is 1.61 bits per heavy atom. The predicted octanol–water partition coefficient (Wildman–Crippen LogP) is 7.01. The van der Waals surface area contributed by atoms with E-state index in [0.717, 1.165) is 49.6 Å². The van der Waals surface area contributed by atoms with Crippen molar-refractivity contribution >= 4 is 39.2 Å². The van der Waals surface area contributed by atoms with Gasteiger partial charge < -0.3 is 9.84 Å². The molecule has 1 amide bonds. The van der Waals surface area contributed by atoms with Gasteiger partial charge in [-0.3, -0.25) is 19.7 Å². The highest BCUT2D eigenvalue weighted by Crippen LogP contribution is 2.38. The maximum absolute atomic E-state index is 15.2. The molecule has 51 heavy (non-hydrogen) atoms. The van der Waals surface area contributed by atoms with Crippen LogP contribution in [-0.2, 0) is 28.0 Å². The van der Waals surface area contributed by atoms with Crippen molar-refractivity contribution in [3.05, 3.63) is 112 Å². The summed E-state index contributed by atoms with van der Waals surface area (Å²) in [6.45, 7) is 0.171. The van der Waals surface area contributed by atoms with Crippen molar-refractivity contribution in [2.75, 3.05) is 10.8 Å². The number of anilines is 1. The molecule has 268 valence electrons. The molecule has 1 atom stereocenters. The van der Waals surface area contributed by atoms with Crippen molar-refractivity contribution in [3.63, 3.8) is 0 Å². The predicted molar refractivity (Wildman–Crippen MR) is 177 cm³/mol. The van der Waals surface area contributed by atoms with E-state index in [0.29, 0.717) is 23.7 Å². The van der Waals surface area contributed by atoms with Gasteiger partial charge in [-0.25, -0.2) is 35.1 Å². The average molecular weight is 747 g/mol. The summed E-state index contributed by atoms with van der Waals surface area (Å²) in [5, 5.41) is 8.19. The Morgan fingerprint density at radius 3 is 2.20 bits per heavy atom. The summed E-state index contributed by atoms with van der Waals surface area (Å²) in [5.41, 5.74) is 0.902. The number of amides is 1. The standard InChI is InChI=1S/C35H31ClF4N4O6S/c36-28-29(37)31(39)33(32(40)30(28)38)51(48,49)44(23-11-12-24(35(46)47)27(15-23)50-19-20-7-3-1-4-8-20)34(45)26-13-14-43(26)18-22-16-42-25(17-41-22)21-9-5-2-6-10-21/h1,3-4,7-8,11-12,15-17,21,26H,2,5-6,9-10,13-14,18-19H2,(H,46,47). The molecule has 16 heteroatoms. The fraction of sp³-hybridized carbons (Fsp3) is 0.314. The molecule has 1 unspecified atom stereocenters. The maximum atomic E-state index is 15.2. The highest BCUT2D eigenvalue weighted by atomic mass is 35.5. The zero-order valence-electron chi connectivity index (χ0n) is 26.9. The zero-order valence-corrected chi connectivity index (χ0v) is 28.4. The molecule has 1 aromatic heterocycles. The van der Waals surface area contributed by atoms with Crippen LogP contribution >= 0.6 is 11.6 Å². The quantitative estimate of drug-likeness (QED) is 0.0979. The molecule has 1 saturated carbocycles. The van der Waals surface area contributed by atoms with Gasteiger partial charge >= 0.3 is 5.97 Å². The summed E-state index contributed by atoms with van der Waals surface area (Å²) < 4.78 is 93.5. The van der Waals surface area contributed by atoms with Gasteiger partial charge in [0.25, 0.3) is 15.9 Å². The Labute approximate surface area is 295 Å². The zero-order chi connectivity index (χ0) is 36.4. The van der Waals surface area contributed by atoms with Gasteiger partial charge in [0.2, 0.25) is 0 Å². The van der Waals surface area contributed by atoms with Gasteiger partial charge in [0.05, 0.1) is 29.3 Å². The first-order valence-electron chi connectivity index (χ1n) is 16.1. The SMILES string of the molecule is O=C(O)c1ccc(N(C(=O)C2CCN2Cc2cnc(C3CCCCC3)cn2)S(=O)(=O)c2c(F)c(F)c(Cl)c(F)c2F)cc1OCc1ccccc1. The van der Waals surface area contributed by atoms with E-state index in [-0.39, 0.29) is 23.9 Å². The topological polar surface area (TPSA) is 130 Å². The number of hydrogen-bond donors (Lipinski definition) is 1. The van der Waals surface area contributed by atoms with Crippen molar-refractivity contribution in [2.45, 2.75) is 68.5 Å². The number of aromatic carboxylic acids is 1. The second-order valence-electron chi connectivity index (χ2n) is 12.3. The minimum absolute atomic E-state index is 0.00301. The van der Waals surface area contributed by atoms with E-state index < -0.39 is 78.1 Å². The van der Waals surface area contributed by atoms with E-state index in [1.54, 1.807) is 47.6 Å². The first-order chi connectivity index (χ1) is 24.4. The molecule has 1 aliphatic carbocycles. The third-order valence-electron chi connectivity index (χ3n) is 9.06. The molecule has 2 fully saturated rings. The van der Waals surface area contributed by atoms with Crippen LogP contribution in [0.15, 0.2) is 65.8 Å². The first-order valence-corrected chi connectivity index (χ1v) is 17.9.